The van der Waals surface area contributed by atoms with Gasteiger partial charge in [-0.2, -0.15) is 16.1 Å². The number of aromatic nitrogens is 1. The Kier molecular flexibility index (Phi) is 5.45. The van der Waals surface area contributed by atoms with E-state index in [2.05, 4.69) is 30.1 Å². The highest BCUT2D eigenvalue weighted by molar-refractivity contribution is 7.99. The monoisotopic (exact) mass is 412 g/mol. The van der Waals surface area contributed by atoms with E-state index in [4.69, 9.17) is 0 Å². The first-order valence-electron chi connectivity index (χ1n) is 9.50. The van der Waals surface area contributed by atoms with Crippen LogP contribution in [0.4, 0.5) is 0 Å². The largest absolute Gasteiger partial charge is 0.252 e. The molecule has 1 saturated heterocycles. The Balaban J connectivity index is 1.64. The van der Waals surface area contributed by atoms with Gasteiger partial charge in [0.05, 0.1) is 5.52 Å². The van der Waals surface area contributed by atoms with Gasteiger partial charge in [-0.05, 0) is 43.5 Å². The molecule has 1 aromatic heterocycles. The van der Waals surface area contributed by atoms with Crippen molar-refractivity contribution in [3.8, 4) is 0 Å². The lowest BCUT2D eigenvalue weighted by Crippen LogP contribution is -2.33. The van der Waals surface area contributed by atoms with Crippen LogP contribution in [0.1, 0.15) is 28.5 Å². The molecule has 28 heavy (non-hydrogen) atoms. The number of hydrogen-bond acceptors (Lipinski definition) is 4. The van der Waals surface area contributed by atoms with Crippen molar-refractivity contribution >= 4 is 32.7 Å². The number of nitrogens with zero attached hydrogens (tertiary/aromatic N) is 2. The van der Waals surface area contributed by atoms with Crippen LogP contribution in [0.2, 0.25) is 0 Å². The fourth-order valence-corrected chi connectivity index (χ4v) is 6.81. The highest BCUT2D eigenvalue weighted by Crippen LogP contribution is 2.37. The molecule has 0 radical (unpaired) electrons. The number of fused-ring (bicyclic) bond motifs is 1. The van der Waals surface area contributed by atoms with E-state index in [1.54, 1.807) is 16.4 Å². The fourth-order valence-electron chi connectivity index (χ4n) is 3.75. The fraction of sp³-hybridized carbons (Fsp3) is 0.318. The molecule has 4 rings (SSSR count). The number of pyridine rings is 1. The highest BCUT2D eigenvalue weighted by atomic mass is 32.2. The summed E-state index contributed by atoms with van der Waals surface area (Å²) < 4.78 is 28.5. The molecule has 6 heteroatoms. The first kappa shape index (κ1) is 19.4. The first-order chi connectivity index (χ1) is 13.5. The Morgan fingerprint density at radius 1 is 1.00 bits per heavy atom. The summed E-state index contributed by atoms with van der Waals surface area (Å²) in [5, 5.41) is 1.18. The van der Waals surface area contributed by atoms with Crippen molar-refractivity contribution in [3.63, 3.8) is 0 Å². The third-order valence-electron chi connectivity index (χ3n) is 5.28. The summed E-state index contributed by atoms with van der Waals surface area (Å²) in [5.41, 5.74) is 3.97. The van der Waals surface area contributed by atoms with Gasteiger partial charge in [0, 0.05) is 35.2 Å². The minimum absolute atomic E-state index is 0.313. The van der Waals surface area contributed by atoms with Crippen LogP contribution in [-0.4, -0.2) is 36.5 Å². The molecule has 0 bridgehead atoms. The zero-order chi connectivity index (χ0) is 19.7. The molecule has 0 N–H and O–H groups in total. The molecule has 1 aliphatic heterocycles. The number of benzene rings is 2. The van der Waals surface area contributed by atoms with Crippen molar-refractivity contribution in [3.05, 3.63) is 71.4 Å². The van der Waals surface area contributed by atoms with E-state index in [1.165, 1.54) is 11.1 Å². The van der Waals surface area contributed by atoms with Crippen LogP contribution in [0.3, 0.4) is 0 Å². The van der Waals surface area contributed by atoms with Gasteiger partial charge in [-0.1, -0.05) is 42.5 Å². The number of hydrogen-bond donors (Lipinski definition) is 0. The predicted molar refractivity (Wildman–Crippen MR) is 116 cm³/mol. The van der Waals surface area contributed by atoms with Gasteiger partial charge in [0.15, 0.2) is 0 Å². The average Bonchev–Trinajstić information content (AvgIpc) is 2.94. The maximum Gasteiger partial charge on any atom is 0.245 e. The lowest BCUT2D eigenvalue weighted by atomic mass is 10.0. The van der Waals surface area contributed by atoms with Crippen molar-refractivity contribution in [2.24, 2.45) is 0 Å². The minimum atomic E-state index is -3.59. The Morgan fingerprint density at radius 3 is 2.64 bits per heavy atom. The third kappa shape index (κ3) is 3.69. The second-order valence-corrected chi connectivity index (χ2v) is 10.4. The van der Waals surface area contributed by atoms with Crippen molar-refractivity contribution < 1.29 is 8.42 Å². The van der Waals surface area contributed by atoms with Crippen molar-refractivity contribution in [2.75, 3.05) is 18.8 Å². The SMILES string of the molecule is Cc1ccc2cccc(S(=O)(=O)N3CCSC(c4ccccc4C)CC3)c2n1. The smallest absolute Gasteiger partial charge is 0.245 e. The number of sulfonamides is 1. The summed E-state index contributed by atoms with van der Waals surface area (Å²) in [6.07, 6.45) is 0.811. The second kappa shape index (κ2) is 7.85. The average molecular weight is 413 g/mol. The van der Waals surface area contributed by atoms with Crippen LogP contribution in [0.5, 0.6) is 0 Å². The number of para-hydroxylation sites is 1. The number of thioether (sulfide) groups is 1. The molecule has 1 aliphatic rings. The van der Waals surface area contributed by atoms with Gasteiger partial charge in [-0.3, -0.25) is 4.98 Å². The molecule has 0 amide bonds. The predicted octanol–water partition coefficient (Wildman–Crippen LogP) is 4.72. The zero-order valence-electron chi connectivity index (χ0n) is 16.1. The van der Waals surface area contributed by atoms with E-state index >= 15 is 0 Å². The molecular weight excluding hydrogens is 388 g/mol. The van der Waals surface area contributed by atoms with Gasteiger partial charge in [0.2, 0.25) is 10.0 Å². The summed E-state index contributed by atoms with van der Waals surface area (Å²) >= 11 is 1.85. The standard InChI is InChI=1S/C22H24N2O2S2/c1-16-6-3-4-8-19(16)20-12-13-24(14-15-27-20)28(25,26)21-9-5-7-18-11-10-17(2)23-22(18)21/h3-11,20H,12-15H2,1-2H3. The van der Waals surface area contributed by atoms with E-state index in [-0.39, 0.29) is 0 Å². The molecular formula is C22H24N2O2S2. The first-order valence-corrected chi connectivity index (χ1v) is 12.0. The van der Waals surface area contributed by atoms with Gasteiger partial charge in [0.1, 0.15) is 4.90 Å². The second-order valence-electron chi connectivity index (χ2n) is 7.19. The van der Waals surface area contributed by atoms with E-state index in [1.807, 2.05) is 43.0 Å². The van der Waals surface area contributed by atoms with E-state index in [0.717, 1.165) is 23.3 Å². The number of rotatable bonds is 3. The van der Waals surface area contributed by atoms with Crippen molar-refractivity contribution in [1.82, 2.24) is 9.29 Å². The Morgan fingerprint density at radius 2 is 1.82 bits per heavy atom. The van der Waals surface area contributed by atoms with Crippen LogP contribution in [-0.2, 0) is 10.0 Å². The van der Waals surface area contributed by atoms with E-state index in [9.17, 15) is 8.42 Å². The maximum atomic E-state index is 13.5. The summed E-state index contributed by atoms with van der Waals surface area (Å²) in [6.45, 7) is 5.06. The Bertz CT molecular complexity index is 1110. The number of aryl methyl sites for hydroxylation is 2. The minimum Gasteiger partial charge on any atom is -0.252 e. The third-order valence-corrected chi connectivity index (χ3v) is 8.52. The molecule has 3 aromatic rings. The van der Waals surface area contributed by atoms with Crippen LogP contribution in [0.15, 0.2) is 59.5 Å². The Hall–Kier alpha value is -1.89. The molecule has 146 valence electrons. The van der Waals surface area contributed by atoms with Crippen LogP contribution in [0.25, 0.3) is 10.9 Å². The van der Waals surface area contributed by atoms with Gasteiger partial charge in [0.25, 0.3) is 0 Å². The molecule has 1 fully saturated rings. The molecule has 0 saturated carbocycles. The Labute approximate surface area is 171 Å². The lowest BCUT2D eigenvalue weighted by molar-refractivity contribution is 0.428. The summed E-state index contributed by atoms with van der Waals surface area (Å²) in [6, 6.07) is 17.6. The quantitative estimate of drug-likeness (QED) is 0.625. The molecule has 1 atom stereocenters. The van der Waals surface area contributed by atoms with Crippen LogP contribution >= 0.6 is 11.8 Å². The topological polar surface area (TPSA) is 50.3 Å². The normalized spacial score (nSPS) is 18.9. The van der Waals surface area contributed by atoms with E-state index in [0.29, 0.717) is 28.8 Å². The van der Waals surface area contributed by atoms with Gasteiger partial charge < -0.3 is 0 Å². The summed E-state index contributed by atoms with van der Waals surface area (Å²) in [4.78, 5) is 4.84. The lowest BCUT2D eigenvalue weighted by Gasteiger charge is -2.21. The van der Waals surface area contributed by atoms with Crippen molar-refractivity contribution in [2.45, 2.75) is 30.4 Å². The van der Waals surface area contributed by atoms with Crippen LogP contribution in [0, 0.1) is 13.8 Å². The van der Waals surface area contributed by atoms with Gasteiger partial charge in [-0.15, -0.1) is 0 Å². The maximum absolute atomic E-state index is 13.5. The molecule has 2 heterocycles. The summed E-state index contributed by atoms with van der Waals surface area (Å²) in [5.74, 6) is 0.787. The summed E-state index contributed by atoms with van der Waals surface area (Å²) in [7, 11) is -3.59. The molecule has 0 aliphatic carbocycles. The highest BCUT2D eigenvalue weighted by Gasteiger charge is 2.30. The van der Waals surface area contributed by atoms with Gasteiger partial charge >= 0.3 is 0 Å². The molecule has 4 nitrogen and oxygen atoms in total. The molecule has 1 unspecified atom stereocenters. The van der Waals surface area contributed by atoms with E-state index < -0.39 is 10.0 Å². The zero-order valence-corrected chi connectivity index (χ0v) is 17.8. The molecule has 2 aromatic carbocycles. The van der Waals surface area contributed by atoms with Gasteiger partial charge in [-0.25, -0.2) is 8.42 Å². The van der Waals surface area contributed by atoms with Crippen molar-refractivity contribution in [1.29, 1.82) is 0 Å². The van der Waals surface area contributed by atoms with Crippen LogP contribution < -0.4 is 0 Å². The molecule has 0 spiro atoms.